The molecule has 1 aromatic carbocycles. The fourth-order valence-corrected chi connectivity index (χ4v) is 2.45. The number of carboxylic acid groups (broad SMARTS) is 1. The van der Waals surface area contributed by atoms with Crippen molar-refractivity contribution >= 4 is 14.3 Å². The summed E-state index contributed by atoms with van der Waals surface area (Å²) in [6.07, 6.45) is 0. The molecule has 0 radical (unpaired) electrons. The summed E-state index contributed by atoms with van der Waals surface area (Å²) in [5.41, 5.74) is 0.801. The van der Waals surface area contributed by atoms with Crippen molar-refractivity contribution in [3.05, 3.63) is 29.8 Å². The van der Waals surface area contributed by atoms with E-state index in [1.807, 2.05) is 24.3 Å². The van der Waals surface area contributed by atoms with Gasteiger partial charge in [-0.1, -0.05) is 32.9 Å². The van der Waals surface area contributed by atoms with Crippen LogP contribution in [0.1, 0.15) is 39.2 Å². The first-order chi connectivity index (χ1) is 8.54. The van der Waals surface area contributed by atoms with E-state index < -0.39 is 20.2 Å². The second-order valence-electron chi connectivity index (χ2n) is 6.49. The summed E-state index contributed by atoms with van der Waals surface area (Å²) in [5, 5.41) is 9.13. The molecule has 0 aliphatic carbocycles. The minimum Gasteiger partial charge on any atom is -0.544 e. The molecule has 0 spiro atoms. The topological polar surface area (TPSA) is 46.5 Å². The third-order valence-electron chi connectivity index (χ3n) is 3.93. The standard InChI is InChI=1S/C15H24O3Si/c1-11(14(16)17)12-7-9-13(10-8-12)18-19(5,6)15(2,3)4/h7-11H,1-6H3,(H,16,17). The van der Waals surface area contributed by atoms with Crippen LogP contribution in [0.5, 0.6) is 5.75 Å². The predicted molar refractivity (Wildman–Crippen MR) is 80.3 cm³/mol. The molecule has 0 saturated heterocycles. The summed E-state index contributed by atoms with van der Waals surface area (Å²) in [6, 6.07) is 7.41. The maximum atomic E-state index is 10.9. The monoisotopic (exact) mass is 280 g/mol. The molecule has 1 unspecified atom stereocenters. The fourth-order valence-electron chi connectivity index (χ4n) is 1.41. The van der Waals surface area contributed by atoms with Gasteiger partial charge in [-0.05, 0) is 42.8 Å². The number of hydrogen-bond donors (Lipinski definition) is 1. The molecular formula is C15H24O3Si. The summed E-state index contributed by atoms with van der Waals surface area (Å²) < 4.78 is 6.15. The molecule has 1 atom stereocenters. The van der Waals surface area contributed by atoms with Crippen molar-refractivity contribution in [3.63, 3.8) is 0 Å². The molecule has 1 N–H and O–H groups in total. The number of aliphatic carboxylic acids is 1. The highest BCUT2D eigenvalue weighted by molar-refractivity contribution is 6.74. The van der Waals surface area contributed by atoms with Crippen molar-refractivity contribution in [3.8, 4) is 5.75 Å². The molecular weight excluding hydrogens is 256 g/mol. The lowest BCUT2D eigenvalue weighted by Gasteiger charge is -2.36. The van der Waals surface area contributed by atoms with Gasteiger partial charge in [-0.3, -0.25) is 4.79 Å². The average molecular weight is 280 g/mol. The van der Waals surface area contributed by atoms with E-state index in [-0.39, 0.29) is 5.04 Å². The van der Waals surface area contributed by atoms with Crippen LogP contribution in [0.3, 0.4) is 0 Å². The zero-order valence-electron chi connectivity index (χ0n) is 12.7. The molecule has 0 heterocycles. The lowest BCUT2D eigenvalue weighted by Crippen LogP contribution is -2.43. The van der Waals surface area contributed by atoms with Gasteiger partial charge in [-0.25, -0.2) is 0 Å². The number of benzene rings is 1. The normalized spacial score (nSPS) is 14.0. The zero-order chi connectivity index (χ0) is 14.8. The molecule has 0 amide bonds. The van der Waals surface area contributed by atoms with Crippen LogP contribution in [0.15, 0.2) is 24.3 Å². The maximum Gasteiger partial charge on any atom is 0.310 e. The molecule has 1 aromatic rings. The van der Waals surface area contributed by atoms with Gasteiger partial charge in [0, 0.05) is 0 Å². The summed E-state index contributed by atoms with van der Waals surface area (Å²) in [4.78, 5) is 10.9. The van der Waals surface area contributed by atoms with Crippen LogP contribution >= 0.6 is 0 Å². The van der Waals surface area contributed by atoms with Gasteiger partial charge >= 0.3 is 5.97 Å². The maximum absolute atomic E-state index is 10.9. The van der Waals surface area contributed by atoms with Gasteiger partial charge in [0.1, 0.15) is 5.75 Å². The second kappa shape index (κ2) is 5.37. The number of carboxylic acids is 1. The molecule has 0 aromatic heterocycles. The van der Waals surface area contributed by atoms with E-state index in [2.05, 4.69) is 33.9 Å². The van der Waals surface area contributed by atoms with Crippen molar-refractivity contribution in [2.24, 2.45) is 0 Å². The largest absolute Gasteiger partial charge is 0.544 e. The molecule has 106 valence electrons. The first-order valence-electron chi connectivity index (χ1n) is 6.56. The molecule has 1 rings (SSSR count). The van der Waals surface area contributed by atoms with Crippen LogP contribution < -0.4 is 4.43 Å². The molecule has 0 saturated carbocycles. The van der Waals surface area contributed by atoms with E-state index in [9.17, 15) is 4.79 Å². The van der Waals surface area contributed by atoms with Crippen LogP contribution in [0.2, 0.25) is 18.1 Å². The highest BCUT2D eigenvalue weighted by Gasteiger charge is 2.38. The number of hydrogen-bond acceptors (Lipinski definition) is 2. The van der Waals surface area contributed by atoms with E-state index in [0.29, 0.717) is 0 Å². The van der Waals surface area contributed by atoms with Crippen molar-refractivity contribution in [2.75, 3.05) is 0 Å². The van der Waals surface area contributed by atoms with Gasteiger partial charge < -0.3 is 9.53 Å². The van der Waals surface area contributed by atoms with Gasteiger partial charge in [0.25, 0.3) is 0 Å². The minimum atomic E-state index is -1.83. The Morgan fingerprint density at radius 3 is 2.05 bits per heavy atom. The Balaban J connectivity index is 2.86. The Labute approximate surface area is 116 Å². The Morgan fingerprint density at radius 2 is 1.68 bits per heavy atom. The van der Waals surface area contributed by atoms with Crippen LogP contribution in [0.4, 0.5) is 0 Å². The SMILES string of the molecule is CC(C(=O)O)c1ccc(O[Si](C)(C)C(C)(C)C)cc1. The van der Waals surface area contributed by atoms with Crippen molar-refractivity contribution < 1.29 is 14.3 Å². The molecule has 4 heteroatoms. The van der Waals surface area contributed by atoms with Gasteiger partial charge in [0.05, 0.1) is 5.92 Å². The lowest BCUT2D eigenvalue weighted by molar-refractivity contribution is -0.138. The highest BCUT2D eigenvalue weighted by atomic mass is 28.4. The summed E-state index contributed by atoms with van der Waals surface area (Å²) in [5.74, 6) is -0.465. The van der Waals surface area contributed by atoms with Crippen molar-refractivity contribution in [1.82, 2.24) is 0 Å². The third kappa shape index (κ3) is 3.83. The zero-order valence-corrected chi connectivity index (χ0v) is 13.7. The molecule has 0 aliphatic rings. The third-order valence-corrected chi connectivity index (χ3v) is 8.29. The first-order valence-corrected chi connectivity index (χ1v) is 9.47. The first kappa shape index (κ1) is 15.8. The Hall–Kier alpha value is -1.29. The minimum absolute atomic E-state index is 0.153. The Kier molecular flexibility index (Phi) is 4.45. The van der Waals surface area contributed by atoms with Gasteiger partial charge in [-0.15, -0.1) is 0 Å². The van der Waals surface area contributed by atoms with Crippen LogP contribution in [0, 0.1) is 0 Å². The van der Waals surface area contributed by atoms with Gasteiger partial charge in [0.15, 0.2) is 0 Å². The fraction of sp³-hybridized carbons (Fsp3) is 0.533. The van der Waals surface area contributed by atoms with E-state index in [4.69, 9.17) is 9.53 Å². The summed E-state index contributed by atoms with van der Waals surface area (Å²) in [6.45, 7) is 12.7. The second-order valence-corrected chi connectivity index (χ2v) is 11.2. The average Bonchev–Trinajstić information content (AvgIpc) is 2.27. The number of rotatable bonds is 4. The van der Waals surface area contributed by atoms with Crippen molar-refractivity contribution in [1.29, 1.82) is 0 Å². The summed E-state index contributed by atoms with van der Waals surface area (Å²) in [7, 11) is -1.83. The molecule has 0 bridgehead atoms. The Bertz CT molecular complexity index is 443. The quantitative estimate of drug-likeness (QED) is 0.838. The molecule has 0 fully saturated rings. The van der Waals surface area contributed by atoms with E-state index >= 15 is 0 Å². The van der Waals surface area contributed by atoms with E-state index in [0.717, 1.165) is 11.3 Å². The highest BCUT2D eigenvalue weighted by Crippen LogP contribution is 2.37. The van der Waals surface area contributed by atoms with Crippen LogP contribution in [0.25, 0.3) is 0 Å². The molecule has 19 heavy (non-hydrogen) atoms. The van der Waals surface area contributed by atoms with Gasteiger partial charge in [-0.2, -0.15) is 0 Å². The van der Waals surface area contributed by atoms with E-state index in [1.165, 1.54) is 0 Å². The van der Waals surface area contributed by atoms with Crippen molar-refractivity contribution in [2.45, 2.75) is 51.7 Å². The smallest absolute Gasteiger partial charge is 0.310 e. The van der Waals surface area contributed by atoms with Crippen LogP contribution in [-0.2, 0) is 4.79 Å². The molecule has 3 nitrogen and oxygen atoms in total. The molecule has 0 aliphatic heterocycles. The Morgan fingerprint density at radius 1 is 1.21 bits per heavy atom. The number of carbonyl (C=O) groups is 1. The lowest BCUT2D eigenvalue weighted by atomic mass is 10.0. The van der Waals surface area contributed by atoms with E-state index in [1.54, 1.807) is 6.92 Å². The summed E-state index contributed by atoms with van der Waals surface area (Å²) >= 11 is 0. The van der Waals surface area contributed by atoms with Gasteiger partial charge in [0.2, 0.25) is 8.32 Å². The predicted octanol–water partition coefficient (Wildman–Crippen LogP) is 4.26. The van der Waals surface area contributed by atoms with Crippen LogP contribution in [-0.4, -0.2) is 19.4 Å².